The van der Waals surface area contributed by atoms with Gasteiger partial charge in [-0.2, -0.15) is 0 Å². The average Bonchev–Trinajstić information content (AvgIpc) is 2.08. The van der Waals surface area contributed by atoms with Crippen molar-refractivity contribution in [3.63, 3.8) is 0 Å². The molecule has 16 heavy (non-hydrogen) atoms. The Bertz CT molecular complexity index is 206. The molecule has 0 aliphatic rings. The van der Waals surface area contributed by atoms with Crippen molar-refractivity contribution in [1.82, 2.24) is 0 Å². The first-order valence-electron chi connectivity index (χ1n) is 5.92. The van der Waals surface area contributed by atoms with Gasteiger partial charge in [0.25, 0.3) is 0 Å². The van der Waals surface area contributed by atoms with Crippen molar-refractivity contribution in [2.75, 3.05) is 24.6 Å². The van der Waals surface area contributed by atoms with Crippen molar-refractivity contribution in [2.45, 2.75) is 46.7 Å². The molecule has 4 heteroatoms. The second kappa shape index (κ2) is 6.65. The fourth-order valence-electron chi connectivity index (χ4n) is 1.10. The molecule has 0 amide bonds. The normalized spacial score (nSPS) is 16.0. The molecule has 100 valence electrons. The predicted octanol–water partition coefficient (Wildman–Crippen LogP) is 5.77. The van der Waals surface area contributed by atoms with Crippen molar-refractivity contribution in [3.05, 3.63) is 0 Å². The van der Waals surface area contributed by atoms with Crippen LogP contribution < -0.4 is 0 Å². The number of rotatable bonds is 5. The van der Waals surface area contributed by atoms with Gasteiger partial charge in [-0.3, -0.25) is 0 Å². The van der Waals surface area contributed by atoms with E-state index in [2.05, 4.69) is 77.2 Å². The van der Waals surface area contributed by atoms with Gasteiger partial charge < -0.3 is 0 Å². The molecule has 0 aromatic rings. The fourth-order valence-corrected chi connectivity index (χ4v) is 16.2. The van der Waals surface area contributed by atoms with Crippen molar-refractivity contribution in [2.24, 2.45) is 5.41 Å². The van der Waals surface area contributed by atoms with E-state index in [1.807, 2.05) is 0 Å². The number of hydrogen-bond acceptors (Lipinski definition) is 2. The van der Waals surface area contributed by atoms with Crippen LogP contribution in [-0.4, -0.2) is 29.7 Å². The van der Waals surface area contributed by atoms with E-state index in [0.717, 1.165) is 7.78 Å². The minimum atomic E-state index is -1.11. The summed E-state index contributed by atoms with van der Waals surface area (Å²) in [5, 5.41) is 0.529. The van der Waals surface area contributed by atoms with Crippen LogP contribution in [0.15, 0.2) is 0 Å². The van der Waals surface area contributed by atoms with E-state index in [9.17, 15) is 0 Å². The maximum atomic E-state index is 2.56. The first-order valence-corrected chi connectivity index (χ1v) is 13.5. The Morgan fingerprint density at radius 3 is 1.88 bits per heavy atom. The van der Waals surface area contributed by atoms with Crippen LogP contribution in [0.2, 0.25) is 0 Å². The topological polar surface area (TPSA) is 0 Å². The van der Waals surface area contributed by atoms with Crippen LogP contribution in [0.1, 0.15) is 41.5 Å². The molecule has 0 fully saturated rings. The molecular formula is C12H30P2S2. The SMILES string of the molecule is CS[PH](C)(CPSCC(C)(C)C)C(C)(C)C. The molecular weight excluding hydrogens is 270 g/mol. The first kappa shape index (κ1) is 17.6. The molecule has 0 saturated carbocycles. The summed E-state index contributed by atoms with van der Waals surface area (Å²) >= 11 is 4.34. The second-order valence-corrected chi connectivity index (χ2v) is 19.2. The Labute approximate surface area is 113 Å². The van der Waals surface area contributed by atoms with Gasteiger partial charge in [0.15, 0.2) is 0 Å². The van der Waals surface area contributed by atoms with E-state index < -0.39 is 6.46 Å². The zero-order valence-corrected chi connectivity index (χ0v) is 15.9. The van der Waals surface area contributed by atoms with Crippen molar-refractivity contribution >= 4 is 37.0 Å². The molecule has 0 aromatic carbocycles. The van der Waals surface area contributed by atoms with Crippen LogP contribution in [0.5, 0.6) is 0 Å². The number of hydrogen-bond donors (Lipinski definition) is 0. The Hall–Kier alpha value is 1.56. The molecule has 0 saturated heterocycles. The van der Waals surface area contributed by atoms with E-state index in [4.69, 9.17) is 0 Å². The Morgan fingerprint density at radius 2 is 1.56 bits per heavy atom. The predicted molar refractivity (Wildman–Crippen MR) is 92.6 cm³/mol. The summed E-state index contributed by atoms with van der Waals surface area (Å²) in [4.78, 5) is 0. The van der Waals surface area contributed by atoms with Gasteiger partial charge in [0.1, 0.15) is 0 Å². The second-order valence-electron chi connectivity index (χ2n) is 6.86. The summed E-state index contributed by atoms with van der Waals surface area (Å²) in [6.07, 6.45) is 2.32. The third-order valence-corrected chi connectivity index (χ3v) is 19.8. The van der Waals surface area contributed by atoms with Crippen LogP contribution in [0, 0.1) is 5.41 Å². The zero-order chi connectivity index (χ0) is 13.0. The van der Waals surface area contributed by atoms with Crippen LogP contribution in [0.4, 0.5) is 0 Å². The van der Waals surface area contributed by atoms with Crippen LogP contribution in [0.25, 0.3) is 0 Å². The summed E-state index contributed by atoms with van der Waals surface area (Å²) in [5.41, 5.74) is 0.483. The molecule has 1 atom stereocenters. The van der Waals surface area contributed by atoms with E-state index in [1.54, 1.807) is 0 Å². The molecule has 0 rings (SSSR count). The zero-order valence-electron chi connectivity index (χ0n) is 12.2. The van der Waals surface area contributed by atoms with E-state index in [1.165, 1.54) is 11.7 Å². The quantitative estimate of drug-likeness (QED) is 0.467. The van der Waals surface area contributed by atoms with Gasteiger partial charge in [-0.05, 0) is 0 Å². The summed E-state index contributed by atoms with van der Waals surface area (Å²) in [7, 11) is 1.10. The monoisotopic (exact) mass is 300 g/mol. The fraction of sp³-hybridized carbons (Fsp3) is 1.00. The molecule has 0 N–H and O–H groups in total. The third-order valence-electron chi connectivity index (χ3n) is 3.05. The van der Waals surface area contributed by atoms with Gasteiger partial charge >= 0.3 is 114 Å². The first-order chi connectivity index (χ1) is 7.02. The molecule has 0 aromatic heterocycles. The molecule has 0 radical (unpaired) electrons. The van der Waals surface area contributed by atoms with Crippen LogP contribution in [0.3, 0.4) is 0 Å². The van der Waals surface area contributed by atoms with Gasteiger partial charge in [-0.25, -0.2) is 0 Å². The summed E-state index contributed by atoms with van der Waals surface area (Å²) < 4.78 is 0. The van der Waals surface area contributed by atoms with Gasteiger partial charge in [0.2, 0.25) is 0 Å². The molecule has 0 bridgehead atoms. The molecule has 0 aliphatic heterocycles. The summed E-state index contributed by atoms with van der Waals surface area (Å²) in [6.45, 7) is 15.7. The Kier molecular flexibility index (Phi) is 7.30. The molecule has 0 nitrogen and oxygen atoms in total. The van der Waals surface area contributed by atoms with Crippen molar-refractivity contribution < 1.29 is 0 Å². The molecule has 0 aliphatic carbocycles. The van der Waals surface area contributed by atoms with E-state index in [-0.39, 0.29) is 0 Å². The maximum absolute atomic E-state index is 2.56. The van der Waals surface area contributed by atoms with Gasteiger partial charge in [0, 0.05) is 0 Å². The van der Waals surface area contributed by atoms with Crippen LogP contribution in [-0.2, 0) is 0 Å². The standard InChI is InChI=1S/C12H30P2S2/c1-11(2,3)9-16-13-10-14(7,15-8)12(4,5)6/h13-14H,9-10H2,1-8H3. The van der Waals surface area contributed by atoms with Gasteiger partial charge in [-0.15, -0.1) is 0 Å². The molecule has 0 heterocycles. The van der Waals surface area contributed by atoms with E-state index >= 15 is 0 Å². The van der Waals surface area contributed by atoms with Gasteiger partial charge in [0.05, 0.1) is 0 Å². The Morgan fingerprint density at radius 1 is 1.06 bits per heavy atom. The molecule has 1 unspecified atom stereocenters. The Balaban J connectivity index is 4.08. The van der Waals surface area contributed by atoms with Crippen molar-refractivity contribution in [3.8, 4) is 0 Å². The summed E-state index contributed by atoms with van der Waals surface area (Å²) in [5.74, 6) is 2.77. The van der Waals surface area contributed by atoms with Crippen molar-refractivity contribution in [1.29, 1.82) is 0 Å². The average molecular weight is 300 g/mol. The van der Waals surface area contributed by atoms with Gasteiger partial charge in [-0.1, -0.05) is 0 Å². The third kappa shape index (κ3) is 6.48. The van der Waals surface area contributed by atoms with Crippen LogP contribution >= 0.6 is 37.0 Å². The molecule has 0 spiro atoms. The summed E-state index contributed by atoms with van der Waals surface area (Å²) in [6, 6.07) is 0. The van der Waals surface area contributed by atoms with E-state index in [0.29, 0.717) is 10.6 Å². The minimum absolute atomic E-state index is 0.483.